The van der Waals surface area contributed by atoms with Crippen LogP contribution in [0.4, 0.5) is 13.2 Å². The quantitative estimate of drug-likeness (QED) is 0.602. The van der Waals surface area contributed by atoms with Crippen molar-refractivity contribution < 1.29 is 22.7 Å². The molecule has 2 aromatic carbocycles. The van der Waals surface area contributed by atoms with Crippen molar-refractivity contribution in [3.63, 3.8) is 0 Å². The minimum atomic E-state index is -0.652. The highest BCUT2D eigenvalue weighted by molar-refractivity contribution is 5.95. The molecule has 0 saturated heterocycles. The van der Waals surface area contributed by atoms with E-state index in [1.807, 2.05) is 6.92 Å². The van der Waals surface area contributed by atoms with E-state index in [1.165, 1.54) is 12.1 Å². The normalized spacial score (nSPS) is 15.6. The molecule has 0 bridgehead atoms. The molecule has 0 aliphatic carbocycles. The van der Waals surface area contributed by atoms with Gasteiger partial charge in [-0.25, -0.2) is 13.2 Å². The summed E-state index contributed by atoms with van der Waals surface area (Å²) in [5.41, 5.74) is 3.08. The van der Waals surface area contributed by atoms with Gasteiger partial charge in [-0.3, -0.25) is 9.48 Å². The van der Waals surface area contributed by atoms with Crippen LogP contribution in [0.5, 0.6) is 5.75 Å². The van der Waals surface area contributed by atoms with E-state index in [2.05, 4.69) is 5.10 Å². The number of hydrogen-bond donors (Lipinski definition) is 0. The molecule has 8 heteroatoms. The summed E-state index contributed by atoms with van der Waals surface area (Å²) in [6.45, 7) is 1.63. The number of carbonyl (C=O) groups excluding carboxylic acids is 1. The number of hydrogen-bond acceptors (Lipinski definition) is 3. The number of ether oxygens (including phenoxy) is 1. The number of halogens is 3. The molecule has 5 nitrogen and oxygen atoms in total. The lowest BCUT2D eigenvalue weighted by Crippen LogP contribution is -2.38. The maximum absolute atomic E-state index is 13.8. The van der Waals surface area contributed by atoms with E-state index in [1.54, 1.807) is 40.9 Å². The van der Waals surface area contributed by atoms with Crippen LogP contribution in [0.1, 0.15) is 34.6 Å². The molecule has 4 rings (SSSR count). The number of amides is 1. The van der Waals surface area contributed by atoms with Gasteiger partial charge in [0, 0.05) is 36.3 Å². The van der Waals surface area contributed by atoms with Gasteiger partial charge in [0.15, 0.2) is 0 Å². The number of carbonyl (C=O) groups is 1. The molecule has 1 aliphatic rings. The zero-order valence-corrected chi connectivity index (χ0v) is 17.2. The third-order valence-electron chi connectivity index (χ3n) is 5.47. The molecule has 3 aromatic rings. The van der Waals surface area contributed by atoms with E-state index in [0.29, 0.717) is 41.2 Å². The Kier molecular flexibility index (Phi) is 5.71. The highest BCUT2D eigenvalue weighted by Gasteiger charge is 2.33. The van der Waals surface area contributed by atoms with Gasteiger partial charge in [-0.05, 0) is 43.7 Å². The van der Waals surface area contributed by atoms with Gasteiger partial charge >= 0.3 is 0 Å². The van der Waals surface area contributed by atoms with Gasteiger partial charge < -0.3 is 9.64 Å². The second-order valence-corrected chi connectivity index (χ2v) is 7.48. The Labute approximate surface area is 178 Å². The predicted octanol–water partition coefficient (Wildman–Crippen LogP) is 4.47. The zero-order chi connectivity index (χ0) is 22.1. The Morgan fingerprint density at radius 3 is 2.65 bits per heavy atom. The molecule has 0 radical (unpaired) electrons. The Bertz CT molecular complexity index is 1110. The van der Waals surface area contributed by atoms with E-state index < -0.39 is 18.3 Å². The molecule has 0 unspecified atom stereocenters. The third-order valence-corrected chi connectivity index (χ3v) is 5.47. The van der Waals surface area contributed by atoms with E-state index in [9.17, 15) is 18.0 Å². The molecule has 0 N–H and O–H groups in total. The number of aromatic nitrogens is 2. The fourth-order valence-corrected chi connectivity index (χ4v) is 4.11. The molecule has 1 amide bonds. The maximum Gasteiger partial charge on any atom is 0.254 e. The molecule has 162 valence electrons. The van der Waals surface area contributed by atoms with Gasteiger partial charge in [-0.2, -0.15) is 5.10 Å². The summed E-state index contributed by atoms with van der Waals surface area (Å²) in [6.07, 6.45) is 0.505. The van der Waals surface area contributed by atoms with Gasteiger partial charge in [0.2, 0.25) is 0 Å². The number of alkyl halides is 1. The van der Waals surface area contributed by atoms with E-state index in [0.717, 1.165) is 11.6 Å². The lowest BCUT2D eigenvalue weighted by molar-refractivity contribution is 0.0673. The van der Waals surface area contributed by atoms with Gasteiger partial charge in [0.1, 0.15) is 30.7 Å². The highest BCUT2D eigenvalue weighted by Crippen LogP contribution is 2.36. The first-order valence-corrected chi connectivity index (χ1v) is 10.0. The first-order chi connectivity index (χ1) is 14.9. The molecule has 0 spiro atoms. The SMILES string of the molecule is C[C@H]1c2nn(C)c(-c3cc(F)cc(F)c3)c2CCN1C(=O)c1cccc(OCC[18F])c1. The Balaban J connectivity index is 1.64. The monoisotopic (exact) mass is 428 g/mol. The maximum atomic E-state index is 13.8. The van der Waals surface area contributed by atoms with Crippen LogP contribution in [0.25, 0.3) is 11.3 Å². The number of rotatable bonds is 5. The molecule has 0 saturated carbocycles. The minimum Gasteiger partial charge on any atom is -0.491 e. The van der Waals surface area contributed by atoms with Crippen molar-refractivity contribution in [1.29, 1.82) is 0 Å². The fraction of sp³-hybridized carbons (Fsp3) is 0.304. The van der Waals surface area contributed by atoms with Gasteiger partial charge in [-0.1, -0.05) is 6.07 Å². The van der Waals surface area contributed by atoms with Crippen LogP contribution in [0, 0.1) is 11.6 Å². The van der Waals surface area contributed by atoms with Gasteiger partial charge in [-0.15, -0.1) is 0 Å². The van der Waals surface area contributed by atoms with Crippen LogP contribution < -0.4 is 4.74 Å². The average Bonchev–Trinajstić information content (AvgIpc) is 3.08. The molecule has 0 fully saturated rings. The Morgan fingerprint density at radius 2 is 1.94 bits per heavy atom. The number of fused-ring (bicyclic) bond motifs is 1. The summed E-state index contributed by atoms with van der Waals surface area (Å²) in [5, 5.41) is 4.56. The van der Waals surface area contributed by atoms with Crippen molar-refractivity contribution in [2.24, 2.45) is 7.05 Å². The molecule has 1 aliphatic heterocycles. The molecule has 1 aromatic heterocycles. The van der Waals surface area contributed by atoms with Crippen molar-refractivity contribution in [3.05, 3.63) is 70.9 Å². The fourth-order valence-electron chi connectivity index (χ4n) is 4.11. The largest absolute Gasteiger partial charge is 0.491 e. The zero-order valence-electron chi connectivity index (χ0n) is 17.2. The van der Waals surface area contributed by atoms with Crippen LogP contribution in [0.2, 0.25) is 0 Å². The van der Waals surface area contributed by atoms with Crippen molar-refractivity contribution >= 4 is 5.91 Å². The summed E-state index contributed by atoms with van der Waals surface area (Å²) in [6, 6.07) is 9.72. The standard InChI is InChI=1S/C23H22F3N3O2/c1-14-21-20(22(28(2)27-21)16-10-17(25)13-18(26)11-16)6-8-29(14)23(30)15-4-3-5-19(12-15)31-9-7-24/h3-5,10-14H,6-9H2,1-2H3/t14-/m0/s1/i24-1. The third kappa shape index (κ3) is 4.02. The van der Waals surface area contributed by atoms with Crippen molar-refractivity contribution in [3.8, 4) is 17.0 Å². The lowest BCUT2D eigenvalue weighted by atomic mass is 9.95. The minimum absolute atomic E-state index is 0.0709. The molecule has 1 atom stereocenters. The smallest absolute Gasteiger partial charge is 0.254 e. The second kappa shape index (κ2) is 8.45. The van der Waals surface area contributed by atoms with Crippen LogP contribution >= 0.6 is 0 Å². The number of benzene rings is 2. The predicted molar refractivity (Wildman–Crippen MR) is 110 cm³/mol. The highest BCUT2D eigenvalue weighted by atomic mass is 19.1. The van der Waals surface area contributed by atoms with E-state index in [-0.39, 0.29) is 18.6 Å². The lowest BCUT2D eigenvalue weighted by Gasteiger charge is -2.33. The van der Waals surface area contributed by atoms with Crippen LogP contribution in [0.15, 0.2) is 42.5 Å². The Morgan fingerprint density at radius 1 is 1.19 bits per heavy atom. The average molecular weight is 428 g/mol. The first-order valence-electron chi connectivity index (χ1n) is 10.0. The van der Waals surface area contributed by atoms with E-state index in [4.69, 9.17) is 4.74 Å². The van der Waals surface area contributed by atoms with Crippen molar-refractivity contribution in [2.75, 3.05) is 19.8 Å². The van der Waals surface area contributed by atoms with E-state index >= 15 is 0 Å². The summed E-state index contributed by atoms with van der Waals surface area (Å²) >= 11 is 0. The number of aryl methyl sites for hydroxylation is 1. The molecular weight excluding hydrogens is 406 g/mol. The van der Waals surface area contributed by atoms with Crippen LogP contribution in [-0.2, 0) is 13.5 Å². The van der Waals surface area contributed by atoms with Gasteiger partial charge in [0.05, 0.1) is 17.4 Å². The van der Waals surface area contributed by atoms with Crippen LogP contribution in [0.3, 0.4) is 0 Å². The second-order valence-electron chi connectivity index (χ2n) is 7.48. The summed E-state index contributed by atoms with van der Waals surface area (Å²) in [4.78, 5) is 14.9. The van der Waals surface area contributed by atoms with Crippen molar-refractivity contribution in [1.82, 2.24) is 14.7 Å². The Hall–Kier alpha value is -3.29. The summed E-state index contributed by atoms with van der Waals surface area (Å²) < 4.78 is 46.8. The summed E-state index contributed by atoms with van der Waals surface area (Å²) in [5.74, 6) is -1.06. The topological polar surface area (TPSA) is 47.4 Å². The van der Waals surface area contributed by atoms with Gasteiger partial charge in [0.25, 0.3) is 5.91 Å². The summed E-state index contributed by atoms with van der Waals surface area (Å²) in [7, 11) is 1.72. The molecule has 31 heavy (non-hydrogen) atoms. The molecular formula is C23H22F3N3O2. The van der Waals surface area contributed by atoms with Crippen LogP contribution in [-0.4, -0.2) is 40.4 Å². The first kappa shape index (κ1) is 21.0. The number of nitrogens with zero attached hydrogens (tertiary/aromatic N) is 3. The molecule has 2 heterocycles. The van der Waals surface area contributed by atoms with Crippen molar-refractivity contribution in [2.45, 2.75) is 19.4 Å².